The molecule has 110 valence electrons. The molecule has 0 fully saturated rings. The molecule has 2 rings (SSSR count). The first kappa shape index (κ1) is 14.8. The average Bonchev–Trinajstić information content (AvgIpc) is 2.44. The standard InChI is InChI=1S/C16H17NO4/c1-10(18)17-15(9-16(19)20)13-4-3-12-8-14(21-2)6-5-11(12)7-13/h3-8,15H,9H2,1-2H3,(H,17,18)(H,19,20)/t15-/m1/s1. The Hall–Kier alpha value is -2.56. The molecule has 0 spiro atoms. The first-order valence-electron chi connectivity index (χ1n) is 6.56. The minimum absolute atomic E-state index is 0.152. The van der Waals surface area contributed by atoms with Gasteiger partial charge in [0.2, 0.25) is 5.91 Å². The number of rotatable bonds is 5. The first-order chi connectivity index (χ1) is 9.99. The maximum atomic E-state index is 11.2. The molecular weight excluding hydrogens is 270 g/mol. The average molecular weight is 287 g/mol. The normalized spacial score (nSPS) is 11.9. The van der Waals surface area contributed by atoms with Crippen LogP contribution in [0.5, 0.6) is 5.75 Å². The number of carbonyl (C=O) groups excluding carboxylic acids is 1. The van der Waals surface area contributed by atoms with E-state index in [1.165, 1.54) is 6.92 Å². The Balaban J connectivity index is 2.38. The Kier molecular flexibility index (Phi) is 4.42. The van der Waals surface area contributed by atoms with Crippen LogP contribution in [0.25, 0.3) is 10.8 Å². The van der Waals surface area contributed by atoms with Gasteiger partial charge in [-0.05, 0) is 34.5 Å². The summed E-state index contributed by atoms with van der Waals surface area (Å²) < 4.78 is 5.17. The van der Waals surface area contributed by atoms with Crippen LogP contribution in [-0.2, 0) is 9.59 Å². The van der Waals surface area contributed by atoms with Crippen LogP contribution in [-0.4, -0.2) is 24.1 Å². The van der Waals surface area contributed by atoms with Crippen molar-refractivity contribution in [1.82, 2.24) is 5.32 Å². The second-order valence-electron chi connectivity index (χ2n) is 4.82. The fourth-order valence-electron chi connectivity index (χ4n) is 2.26. The molecule has 2 N–H and O–H groups in total. The van der Waals surface area contributed by atoms with Gasteiger partial charge in [-0.15, -0.1) is 0 Å². The summed E-state index contributed by atoms with van der Waals surface area (Å²) in [6.07, 6.45) is -0.152. The topological polar surface area (TPSA) is 75.6 Å². The lowest BCUT2D eigenvalue weighted by molar-refractivity contribution is -0.137. The number of carboxylic acids is 1. The van der Waals surface area contributed by atoms with E-state index in [4.69, 9.17) is 9.84 Å². The van der Waals surface area contributed by atoms with Gasteiger partial charge >= 0.3 is 5.97 Å². The van der Waals surface area contributed by atoms with E-state index < -0.39 is 12.0 Å². The van der Waals surface area contributed by atoms with Gasteiger partial charge in [-0.3, -0.25) is 9.59 Å². The van der Waals surface area contributed by atoms with E-state index in [0.717, 1.165) is 22.1 Å². The van der Waals surface area contributed by atoms with Crippen molar-refractivity contribution in [1.29, 1.82) is 0 Å². The zero-order chi connectivity index (χ0) is 15.4. The zero-order valence-corrected chi connectivity index (χ0v) is 11.9. The number of ether oxygens (including phenoxy) is 1. The molecule has 0 aliphatic carbocycles. The highest BCUT2D eigenvalue weighted by Crippen LogP contribution is 2.25. The molecule has 0 saturated heterocycles. The summed E-state index contributed by atoms with van der Waals surface area (Å²) in [7, 11) is 1.61. The minimum Gasteiger partial charge on any atom is -0.497 e. The molecule has 1 atom stereocenters. The number of aliphatic carboxylic acids is 1. The second kappa shape index (κ2) is 6.26. The first-order valence-corrected chi connectivity index (χ1v) is 6.56. The monoisotopic (exact) mass is 287 g/mol. The highest BCUT2D eigenvalue weighted by Gasteiger charge is 2.16. The van der Waals surface area contributed by atoms with E-state index in [1.807, 2.05) is 36.4 Å². The molecule has 0 radical (unpaired) electrons. The smallest absolute Gasteiger partial charge is 0.305 e. The number of nitrogens with one attached hydrogen (secondary N) is 1. The maximum absolute atomic E-state index is 11.2. The summed E-state index contributed by atoms with van der Waals surface area (Å²) in [5.41, 5.74) is 0.769. The number of hydrogen-bond acceptors (Lipinski definition) is 3. The van der Waals surface area contributed by atoms with Crippen molar-refractivity contribution in [3.8, 4) is 5.75 Å². The minimum atomic E-state index is -0.955. The summed E-state index contributed by atoms with van der Waals surface area (Å²) in [5.74, 6) is -0.446. The van der Waals surface area contributed by atoms with Crippen molar-refractivity contribution >= 4 is 22.6 Å². The van der Waals surface area contributed by atoms with Crippen LogP contribution in [0.15, 0.2) is 36.4 Å². The third-order valence-corrected chi connectivity index (χ3v) is 3.23. The molecule has 0 heterocycles. The second-order valence-corrected chi connectivity index (χ2v) is 4.82. The van der Waals surface area contributed by atoms with Crippen molar-refractivity contribution in [2.75, 3.05) is 7.11 Å². The van der Waals surface area contributed by atoms with Crippen molar-refractivity contribution in [3.05, 3.63) is 42.0 Å². The van der Waals surface area contributed by atoms with Crippen LogP contribution in [0, 0.1) is 0 Å². The Morgan fingerprint density at radius 2 is 1.86 bits per heavy atom. The highest BCUT2D eigenvalue weighted by atomic mass is 16.5. The number of carboxylic acid groups (broad SMARTS) is 1. The van der Waals surface area contributed by atoms with Crippen LogP contribution in [0.4, 0.5) is 0 Å². The van der Waals surface area contributed by atoms with Gasteiger partial charge in [0.05, 0.1) is 19.6 Å². The molecule has 2 aromatic carbocycles. The van der Waals surface area contributed by atoms with Gasteiger partial charge in [0.1, 0.15) is 5.75 Å². The van der Waals surface area contributed by atoms with E-state index in [-0.39, 0.29) is 12.3 Å². The van der Waals surface area contributed by atoms with Crippen molar-refractivity contribution < 1.29 is 19.4 Å². The summed E-state index contributed by atoms with van der Waals surface area (Å²) in [6.45, 7) is 1.38. The lowest BCUT2D eigenvalue weighted by Gasteiger charge is -2.17. The number of amides is 1. The fraction of sp³-hybridized carbons (Fsp3) is 0.250. The molecule has 1 amide bonds. The summed E-state index contributed by atoms with van der Waals surface area (Å²) in [6, 6.07) is 10.7. The number of fused-ring (bicyclic) bond motifs is 1. The predicted octanol–water partition coefficient (Wildman–Crippen LogP) is 2.50. The van der Waals surface area contributed by atoms with Gasteiger partial charge in [-0.1, -0.05) is 18.2 Å². The van der Waals surface area contributed by atoms with Crippen LogP contribution >= 0.6 is 0 Å². The molecule has 21 heavy (non-hydrogen) atoms. The number of hydrogen-bond donors (Lipinski definition) is 2. The van der Waals surface area contributed by atoms with Crippen LogP contribution in [0.1, 0.15) is 24.9 Å². The molecule has 0 aliphatic rings. The van der Waals surface area contributed by atoms with E-state index in [9.17, 15) is 9.59 Å². The van der Waals surface area contributed by atoms with Gasteiger partial charge in [-0.25, -0.2) is 0 Å². The maximum Gasteiger partial charge on any atom is 0.305 e. The molecule has 0 unspecified atom stereocenters. The molecule has 0 aliphatic heterocycles. The molecule has 0 saturated carbocycles. The fourth-order valence-corrected chi connectivity index (χ4v) is 2.26. The molecule has 5 nitrogen and oxygen atoms in total. The van der Waals surface area contributed by atoms with Crippen molar-refractivity contribution in [2.45, 2.75) is 19.4 Å². The lowest BCUT2D eigenvalue weighted by atomic mass is 9.99. The predicted molar refractivity (Wildman–Crippen MR) is 79.3 cm³/mol. The van der Waals surface area contributed by atoms with Crippen LogP contribution < -0.4 is 10.1 Å². The highest BCUT2D eigenvalue weighted by molar-refractivity contribution is 5.85. The molecule has 0 bridgehead atoms. The van der Waals surface area contributed by atoms with Gasteiger partial charge in [0, 0.05) is 6.92 Å². The van der Waals surface area contributed by atoms with Crippen LogP contribution in [0.2, 0.25) is 0 Å². The Morgan fingerprint density at radius 1 is 1.19 bits per heavy atom. The van der Waals surface area contributed by atoms with Gasteiger partial charge in [-0.2, -0.15) is 0 Å². The SMILES string of the molecule is COc1ccc2cc([C@@H](CC(=O)O)NC(C)=O)ccc2c1. The van der Waals surface area contributed by atoms with Gasteiger partial charge in [0.15, 0.2) is 0 Å². The molecule has 5 heteroatoms. The van der Waals surface area contributed by atoms with E-state index >= 15 is 0 Å². The Morgan fingerprint density at radius 3 is 2.48 bits per heavy atom. The zero-order valence-electron chi connectivity index (χ0n) is 11.9. The quantitative estimate of drug-likeness (QED) is 0.886. The largest absolute Gasteiger partial charge is 0.497 e. The van der Waals surface area contributed by atoms with Crippen LogP contribution in [0.3, 0.4) is 0 Å². The van der Waals surface area contributed by atoms with Gasteiger partial charge in [0.25, 0.3) is 0 Å². The van der Waals surface area contributed by atoms with E-state index in [1.54, 1.807) is 7.11 Å². The number of methoxy groups -OCH3 is 1. The van der Waals surface area contributed by atoms with Gasteiger partial charge < -0.3 is 15.2 Å². The summed E-state index contributed by atoms with van der Waals surface area (Å²) in [5, 5.41) is 13.6. The molecule has 2 aromatic rings. The number of benzene rings is 2. The van der Waals surface area contributed by atoms with E-state index in [0.29, 0.717) is 0 Å². The van der Waals surface area contributed by atoms with Crippen molar-refractivity contribution in [2.24, 2.45) is 0 Å². The molecule has 0 aromatic heterocycles. The summed E-state index contributed by atoms with van der Waals surface area (Å²) in [4.78, 5) is 22.2. The summed E-state index contributed by atoms with van der Waals surface area (Å²) >= 11 is 0. The Labute approximate surface area is 122 Å². The number of carbonyl (C=O) groups is 2. The lowest BCUT2D eigenvalue weighted by Crippen LogP contribution is -2.27. The third-order valence-electron chi connectivity index (χ3n) is 3.23. The molecular formula is C16H17NO4. The Bertz CT molecular complexity index is 665. The third kappa shape index (κ3) is 3.72. The van der Waals surface area contributed by atoms with E-state index in [2.05, 4.69) is 5.32 Å². The van der Waals surface area contributed by atoms with Crippen molar-refractivity contribution in [3.63, 3.8) is 0 Å².